The number of H-pyrrole nitrogens is 2. The Morgan fingerprint density at radius 3 is 2.55 bits per heavy atom. The standard InChI is InChI=1S/C22H19N3O6/c1-30-11-4-5-15-14(8-11)18-16(23-15)9-13(19-20(18)22(27)24-21(19)26)12-7-10(25(28)29)3-6-17(12)31-2/h3-8,13,23-24,26-27H,9H2,1-2H3. The van der Waals surface area contributed by atoms with Crippen molar-refractivity contribution in [2.24, 2.45) is 0 Å². The van der Waals surface area contributed by atoms with Crippen molar-refractivity contribution in [2.45, 2.75) is 12.3 Å². The van der Waals surface area contributed by atoms with Crippen LogP contribution in [0.1, 0.15) is 22.7 Å². The zero-order chi connectivity index (χ0) is 21.9. The fraction of sp³-hybridized carbons (Fsp3) is 0.182. The summed E-state index contributed by atoms with van der Waals surface area (Å²) >= 11 is 0. The Kier molecular flexibility index (Phi) is 4.07. The van der Waals surface area contributed by atoms with Crippen LogP contribution in [-0.2, 0) is 6.42 Å². The number of nitro groups is 1. The molecule has 0 spiro atoms. The minimum Gasteiger partial charge on any atom is -0.497 e. The molecule has 0 saturated carbocycles. The first-order valence-electron chi connectivity index (χ1n) is 9.58. The molecule has 9 nitrogen and oxygen atoms in total. The highest BCUT2D eigenvalue weighted by atomic mass is 16.6. The van der Waals surface area contributed by atoms with E-state index >= 15 is 0 Å². The molecule has 1 atom stereocenters. The maximum Gasteiger partial charge on any atom is 0.269 e. The molecular formula is C22H19N3O6. The molecule has 5 rings (SSSR count). The van der Waals surface area contributed by atoms with E-state index in [2.05, 4.69) is 9.97 Å². The summed E-state index contributed by atoms with van der Waals surface area (Å²) in [7, 11) is 3.07. The average molecular weight is 421 g/mol. The number of aromatic amines is 2. The number of rotatable bonds is 4. The largest absolute Gasteiger partial charge is 0.497 e. The molecule has 9 heteroatoms. The Morgan fingerprint density at radius 2 is 1.84 bits per heavy atom. The summed E-state index contributed by atoms with van der Waals surface area (Å²) in [6, 6.07) is 9.96. The van der Waals surface area contributed by atoms with Gasteiger partial charge in [-0.2, -0.15) is 0 Å². The van der Waals surface area contributed by atoms with Crippen molar-refractivity contribution < 1.29 is 24.6 Å². The first kappa shape index (κ1) is 18.9. The van der Waals surface area contributed by atoms with Gasteiger partial charge < -0.3 is 24.7 Å². The number of nitrogens with one attached hydrogen (secondary N) is 2. The molecule has 0 aliphatic heterocycles. The summed E-state index contributed by atoms with van der Waals surface area (Å²) in [6.07, 6.45) is 0.418. The molecule has 2 heterocycles. The van der Waals surface area contributed by atoms with E-state index in [-0.39, 0.29) is 17.4 Å². The number of non-ortho nitro benzene ring substituents is 1. The summed E-state index contributed by atoms with van der Waals surface area (Å²) in [5.41, 5.74) is 3.84. The van der Waals surface area contributed by atoms with E-state index in [4.69, 9.17) is 9.47 Å². The Morgan fingerprint density at radius 1 is 1.03 bits per heavy atom. The van der Waals surface area contributed by atoms with Crippen LogP contribution in [0.4, 0.5) is 5.69 Å². The third-order valence-corrected chi connectivity index (χ3v) is 5.89. The number of hydrogen-bond donors (Lipinski definition) is 4. The normalized spacial score (nSPS) is 14.8. The van der Waals surface area contributed by atoms with Gasteiger partial charge in [-0.3, -0.25) is 15.1 Å². The van der Waals surface area contributed by atoms with Crippen molar-refractivity contribution >= 4 is 16.6 Å². The minimum absolute atomic E-state index is 0.0798. The first-order chi connectivity index (χ1) is 14.9. The van der Waals surface area contributed by atoms with Gasteiger partial charge in [-0.1, -0.05) is 0 Å². The number of nitrogens with zero attached hydrogens (tertiary/aromatic N) is 1. The van der Waals surface area contributed by atoms with Crippen LogP contribution in [0.2, 0.25) is 0 Å². The van der Waals surface area contributed by atoms with E-state index < -0.39 is 10.8 Å². The maximum atomic E-state index is 11.4. The number of nitro benzene ring substituents is 1. The Labute approximate surface area is 176 Å². The van der Waals surface area contributed by atoms with E-state index in [9.17, 15) is 20.3 Å². The molecule has 0 radical (unpaired) electrons. The highest BCUT2D eigenvalue weighted by Gasteiger charge is 2.37. The van der Waals surface area contributed by atoms with Crippen LogP contribution < -0.4 is 9.47 Å². The second-order valence-electron chi connectivity index (χ2n) is 7.44. The highest BCUT2D eigenvalue weighted by molar-refractivity contribution is 6.02. The van der Waals surface area contributed by atoms with Crippen LogP contribution in [-0.4, -0.2) is 39.3 Å². The predicted octanol–water partition coefficient (Wildman–Crippen LogP) is 4.19. The quantitative estimate of drug-likeness (QED) is 0.288. The fourth-order valence-electron chi connectivity index (χ4n) is 4.55. The second-order valence-corrected chi connectivity index (χ2v) is 7.44. The van der Waals surface area contributed by atoms with Gasteiger partial charge in [0.2, 0.25) is 0 Å². The smallest absolute Gasteiger partial charge is 0.269 e. The molecule has 0 saturated heterocycles. The molecule has 158 valence electrons. The monoisotopic (exact) mass is 421 g/mol. The fourth-order valence-corrected chi connectivity index (χ4v) is 4.55. The second kappa shape index (κ2) is 6.69. The summed E-state index contributed by atoms with van der Waals surface area (Å²) < 4.78 is 10.8. The van der Waals surface area contributed by atoms with Gasteiger partial charge in [0.15, 0.2) is 11.8 Å². The van der Waals surface area contributed by atoms with Gasteiger partial charge in [-0.05, 0) is 30.7 Å². The molecule has 0 fully saturated rings. The number of methoxy groups -OCH3 is 2. The summed E-state index contributed by atoms with van der Waals surface area (Å²) in [4.78, 5) is 16.9. The van der Waals surface area contributed by atoms with Gasteiger partial charge >= 0.3 is 0 Å². The van der Waals surface area contributed by atoms with Crippen molar-refractivity contribution in [1.29, 1.82) is 0 Å². The predicted molar refractivity (Wildman–Crippen MR) is 113 cm³/mol. The van der Waals surface area contributed by atoms with Crippen molar-refractivity contribution in [3.63, 3.8) is 0 Å². The van der Waals surface area contributed by atoms with Crippen molar-refractivity contribution in [2.75, 3.05) is 14.2 Å². The number of ether oxygens (including phenoxy) is 2. The molecule has 0 amide bonds. The third-order valence-electron chi connectivity index (χ3n) is 5.89. The Hall–Kier alpha value is -4.14. The number of aromatic hydroxyl groups is 2. The molecule has 2 aromatic carbocycles. The van der Waals surface area contributed by atoms with Gasteiger partial charge in [0.1, 0.15) is 11.5 Å². The average Bonchev–Trinajstić information content (AvgIpc) is 3.28. The van der Waals surface area contributed by atoms with Gasteiger partial charge in [0.25, 0.3) is 5.69 Å². The van der Waals surface area contributed by atoms with E-state index in [0.717, 1.165) is 22.2 Å². The maximum absolute atomic E-state index is 11.4. The molecule has 4 aromatic rings. The number of hydrogen-bond acceptors (Lipinski definition) is 6. The molecule has 1 unspecified atom stereocenters. The molecule has 1 aliphatic rings. The highest BCUT2D eigenvalue weighted by Crippen LogP contribution is 2.54. The Bertz CT molecular complexity index is 1350. The van der Waals surface area contributed by atoms with Gasteiger partial charge in [-0.15, -0.1) is 0 Å². The van der Waals surface area contributed by atoms with Crippen LogP contribution >= 0.6 is 0 Å². The lowest BCUT2D eigenvalue weighted by atomic mass is 9.78. The van der Waals surface area contributed by atoms with E-state index in [1.165, 1.54) is 19.2 Å². The van der Waals surface area contributed by atoms with E-state index in [1.807, 2.05) is 18.2 Å². The topological polar surface area (TPSA) is 134 Å². The molecule has 2 aromatic heterocycles. The van der Waals surface area contributed by atoms with E-state index in [1.54, 1.807) is 13.2 Å². The molecule has 1 aliphatic carbocycles. The van der Waals surface area contributed by atoms with Crippen molar-refractivity contribution in [3.05, 3.63) is 63.3 Å². The van der Waals surface area contributed by atoms with Gasteiger partial charge in [0.05, 0.1) is 24.7 Å². The molecular weight excluding hydrogens is 402 g/mol. The summed E-state index contributed by atoms with van der Waals surface area (Å²) in [6.45, 7) is 0. The molecule has 4 N–H and O–H groups in total. The summed E-state index contributed by atoms with van der Waals surface area (Å²) in [5.74, 6) is 0.283. The lowest BCUT2D eigenvalue weighted by Crippen LogP contribution is -2.12. The number of aromatic nitrogens is 2. The van der Waals surface area contributed by atoms with Crippen LogP contribution in [0.15, 0.2) is 36.4 Å². The zero-order valence-corrected chi connectivity index (χ0v) is 16.7. The number of benzene rings is 2. The SMILES string of the molecule is COc1ccc2[nH]c3c(c2c1)-c1c(O)[nH]c(O)c1C(c1cc([N+](=O)[O-])ccc1OC)C3. The number of fused-ring (bicyclic) bond motifs is 5. The lowest BCUT2D eigenvalue weighted by molar-refractivity contribution is -0.384. The van der Waals surface area contributed by atoms with Crippen molar-refractivity contribution in [1.82, 2.24) is 9.97 Å². The van der Waals surface area contributed by atoms with Crippen LogP contribution in [0.25, 0.3) is 22.0 Å². The first-order valence-corrected chi connectivity index (χ1v) is 9.58. The molecule has 0 bridgehead atoms. The van der Waals surface area contributed by atoms with Crippen LogP contribution in [0.5, 0.6) is 23.3 Å². The summed E-state index contributed by atoms with van der Waals surface area (Å²) in [5, 5.41) is 33.5. The third kappa shape index (κ3) is 2.70. The molecule has 31 heavy (non-hydrogen) atoms. The Balaban J connectivity index is 1.79. The van der Waals surface area contributed by atoms with Gasteiger partial charge in [0, 0.05) is 51.3 Å². The zero-order valence-electron chi connectivity index (χ0n) is 16.7. The minimum atomic E-state index is -0.482. The van der Waals surface area contributed by atoms with Crippen LogP contribution in [0, 0.1) is 10.1 Å². The van der Waals surface area contributed by atoms with Crippen LogP contribution in [0.3, 0.4) is 0 Å². The van der Waals surface area contributed by atoms with Gasteiger partial charge in [-0.25, -0.2) is 0 Å². The van der Waals surface area contributed by atoms with E-state index in [0.29, 0.717) is 34.6 Å². The lowest BCUT2D eigenvalue weighted by Gasteiger charge is -2.25. The van der Waals surface area contributed by atoms with Crippen molar-refractivity contribution in [3.8, 4) is 34.4 Å².